The number of rotatable bonds is 6. The van der Waals surface area contributed by atoms with Gasteiger partial charge >= 0.3 is 0 Å². The van der Waals surface area contributed by atoms with Crippen molar-refractivity contribution in [2.24, 2.45) is 0 Å². The van der Waals surface area contributed by atoms with E-state index in [2.05, 4.69) is 10.3 Å². The predicted molar refractivity (Wildman–Crippen MR) is 96.3 cm³/mol. The Bertz CT molecular complexity index is 801. The minimum absolute atomic E-state index is 0.490. The molecule has 0 saturated carbocycles. The quantitative estimate of drug-likeness (QED) is 0.580. The van der Waals surface area contributed by atoms with Gasteiger partial charge in [-0.3, -0.25) is 0 Å². The molecule has 3 aromatic rings. The number of aromatic nitrogens is 1. The molecule has 5 heteroatoms. The number of benzene rings is 2. The van der Waals surface area contributed by atoms with Crippen LogP contribution in [0.3, 0.4) is 0 Å². The van der Waals surface area contributed by atoms with Crippen LogP contribution in [0.25, 0.3) is 10.9 Å². The normalized spacial score (nSPS) is 12.7. The van der Waals surface area contributed by atoms with Gasteiger partial charge in [0.1, 0.15) is 0 Å². The Morgan fingerprint density at radius 1 is 1.09 bits per heavy atom. The molecule has 0 spiro atoms. The zero-order valence-electron chi connectivity index (χ0n) is 12.5. The fourth-order valence-corrected chi connectivity index (χ4v) is 3.02. The molecule has 0 radical (unpaired) electrons. The molecule has 0 saturated heterocycles. The monoisotopic (exact) mass is 348 g/mol. The van der Waals surface area contributed by atoms with Crippen LogP contribution in [0, 0.1) is 0 Å². The van der Waals surface area contributed by atoms with Gasteiger partial charge in [-0.1, -0.05) is 35.3 Å². The van der Waals surface area contributed by atoms with Crippen LogP contribution in [0.5, 0.6) is 0 Å². The lowest BCUT2D eigenvalue weighted by atomic mass is 10.1. The zero-order chi connectivity index (χ0) is 16.2. The van der Waals surface area contributed by atoms with Crippen LogP contribution in [-0.2, 0) is 6.42 Å². The summed E-state index contributed by atoms with van der Waals surface area (Å²) in [4.78, 5) is 3.25. The van der Waals surface area contributed by atoms with E-state index in [0.717, 1.165) is 34.5 Å². The lowest BCUT2D eigenvalue weighted by molar-refractivity contribution is 0.175. The molecule has 0 aliphatic heterocycles. The first-order valence-electron chi connectivity index (χ1n) is 7.53. The molecular formula is C18H18Cl2N2O. The summed E-state index contributed by atoms with van der Waals surface area (Å²) in [5.41, 5.74) is 3.12. The summed E-state index contributed by atoms with van der Waals surface area (Å²) in [6, 6.07) is 13.1. The summed E-state index contributed by atoms with van der Waals surface area (Å²) in [5.74, 6) is 0. The van der Waals surface area contributed by atoms with Crippen molar-refractivity contribution in [1.82, 2.24) is 10.3 Å². The lowest BCUT2D eigenvalue weighted by Crippen LogP contribution is -2.23. The number of aliphatic hydroxyl groups excluding tert-OH is 1. The molecule has 23 heavy (non-hydrogen) atoms. The molecule has 3 nitrogen and oxygen atoms in total. The number of fused-ring (bicyclic) bond motifs is 1. The Hall–Kier alpha value is -1.52. The number of hydrogen-bond donors (Lipinski definition) is 3. The molecular weight excluding hydrogens is 331 g/mol. The van der Waals surface area contributed by atoms with E-state index in [1.807, 2.05) is 36.5 Å². The summed E-state index contributed by atoms with van der Waals surface area (Å²) in [7, 11) is 0. The van der Waals surface area contributed by atoms with Crippen LogP contribution in [0.15, 0.2) is 48.7 Å². The van der Waals surface area contributed by atoms with Crippen molar-refractivity contribution < 1.29 is 5.11 Å². The van der Waals surface area contributed by atoms with E-state index in [9.17, 15) is 5.11 Å². The molecule has 120 valence electrons. The molecule has 2 aromatic carbocycles. The predicted octanol–water partition coefficient (Wildman–Crippen LogP) is 4.34. The van der Waals surface area contributed by atoms with Gasteiger partial charge in [0.2, 0.25) is 0 Å². The molecule has 3 rings (SSSR count). The molecule has 1 atom stereocenters. The fraction of sp³-hybridized carbons (Fsp3) is 0.222. The van der Waals surface area contributed by atoms with Crippen molar-refractivity contribution in [3.8, 4) is 0 Å². The van der Waals surface area contributed by atoms with Crippen molar-refractivity contribution >= 4 is 34.1 Å². The minimum Gasteiger partial charge on any atom is -0.387 e. The van der Waals surface area contributed by atoms with Crippen molar-refractivity contribution in [3.05, 3.63) is 69.8 Å². The van der Waals surface area contributed by atoms with Gasteiger partial charge in [0.25, 0.3) is 0 Å². The molecule has 0 aliphatic rings. The molecule has 0 amide bonds. The number of hydrogen-bond acceptors (Lipinski definition) is 2. The van der Waals surface area contributed by atoms with E-state index in [1.54, 1.807) is 12.1 Å². The Kier molecular flexibility index (Phi) is 5.23. The van der Waals surface area contributed by atoms with Crippen LogP contribution in [0.4, 0.5) is 0 Å². The standard InChI is InChI=1S/C18H18Cl2N2O/c19-14-3-1-2-12(8-14)18(23)11-21-7-6-13-10-22-17-5-4-15(20)9-16(13)17/h1-5,8-10,18,21-23H,6-7,11H2. The van der Waals surface area contributed by atoms with E-state index < -0.39 is 6.10 Å². The van der Waals surface area contributed by atoms with Gasteiger partial charge in [0.05, 0.1) is 6.10 Å². The van der Waals surface area contributed by atoms with Crippen molar-refractivity contribution in [2.75, 3.05) is 13.1 Å². The maximum absolute atomic E-state index is 10.2. The molecule has 1 heterocycles. The smallest absolute Gasteiger partial charge is 0.0914 e. The SMILES string of the molecule is OC(CNCCc1c[nH]c2ccc(Cl)cc12)c1cccc(Cl)c1. The average Bonchev–Trinajstić information content (AvgIpc) is 2.93. The molecule has 0 aliphatic carbocycles. The Labute approximate surface area is 145 Å². The second-order valence-electron chi connectivity index (χ2n) is 5.53. The summed E-state index contributed by atoms with van der Waals surface area (Å²) < 4.78 is 0. The van der Waals surface area contributed by atoms with E-state index in [0.29, 0.717) is 11.6 Å². The number of aliphatic hydroxyl groups is 1. The number of halogens is 2. The Morgan fingerprint density at radius 2 is 1.91 bits per heavy atom. The third-order valence-electron chi connectivity index (χ3n) is 3.87. The average molecular weight is 349 g/mol. The minimum atomic E-state index is -0.564. The summed E-state index contributed by atoms with van der Waals surface area (Å²) in [6.45, 7) is 1.26. The summed E-state index contributed by atoms with van der Waals surface area (Å²) in [6.07, 6.45) is 2.31. The number of H-pyrrole nitrogens is 1. The molecule has 3 N–H and O–H groups in total. The first-order valence-corrected chi connectivity index (χ1v) is 8.29. The maximum atomic E-state index is 10.2. The fourth-order valence-electron chi connectivity index (χ4n) is 2.65. The summed E-state index contributed by atoms with van der Waals surface area (Å²) >= 11 is 12.0. The maximum Gasteiger partial charge on any atom is 0.0914 e. The van der Waals surface area contributed by atoms with Gasteiger partial charge in [-0.15, -0.1) is 0 Å². The second-order valence-corrected chi connectivity index (χ2v) is 6.40. The number of aromatic amines is 1. The zero-order valence-corrected chi connectivity index (χ0v) is 14.0. The second kappa shape index (κ2) is 7.37. The molecule has 1 unspecified atom stereocenters. The number of nitrogens with one attached hydrogen (secondary N) is 2. The first-order chi connectivity index (χ1) is 11.1. The van der Waals surface area contributed by atoms with E-state index in [4.69, 9.17) is 23.2 Å². The Morgan fingerprint density at radius 3 is 2.74 bits per heavy atom. The van der Waals surface area contributed by atoms with Crippen molar-refractivity contribution in [2.45, 2.75) is 12.5 Å². The third kappa shape index (κ3) is 4.06. The summed E-state index contributed by atoms with van der Waals surface area (Å²) in [5, 5.41) is 16.0. The van der Waals surface area contributed by atoms with Gasteiger partial charge in [-0.25, -0.2) is 0 Å². The third-order valence-corrected chi connectivity index (χ3v) is 4.34. The van der Waals surface area contributed by atoms with Crippen LogP contribution >= 0.6 is 23.2 Å². The molecule has 0 fully saturated rings. The van der Waals surface area contributed by atoms with Gasteiger partial charge in [0, 0.05) is 33.7 Å². The van der Waals surface area contributed by atoms with Gasteiger partial charge < -0.3 is 15.4 Å². The highest BCUT2D eigenvalue weighted by Crippen LogP contribution is 2.22. The van der Waals surface area contributed by atoms with E-state index in [1.165, 1.54) is 5.56 Å². The topological polar surface area (TPSA) is 48.0 Å². The van der Waals surface area contributed by atoms with Gasteiger partial charge in [-0.2, -0.15) is 0 Å². The van der Waals surface area contributed by atoms with Crippen molar-refractivity contribution in [1.29, 1.82) is 0 Å². The highest BCUT2D eigenvalue weighted by molar-refractivity contribution is 6.31. The highest BCUT2D eigenvalue weighted by Gasteiger charge is 2.08. The van der Waals surface area contributed by atoms with Crippen LogP contribution in [0.2, 0.25) is 10.0 Å². The van der Waals surface area contributed by atoms with Gasteiger partial charge in [0.15, 0.2) is 0 Å². The first kappa shape index (κ1) is 16.3. The van der Waals surface area contributed by atoms with E-state index in [-0.39, 0.29) is 0 Å². The molecule has 1 aromatic heterocycles. The van der Waals surface area contributed by atoms with Crippen LogP contribution in [-0.4, -0.2) is 23.2 Å². The Balaban J connectivity index is 1.54. The van der Waals surface area contributed by atoms with Crippen LogP contribution in [0.1, 0.15) is 17.2 Å². The largest absolute Gasteiger partial charge is 0.387 e. The molecule has 0 bridgehead atoms. The van der Waals surface area contributed by atoms with Crippen molar-refractivity contribution in [3.63, 3.8) is 0 Å². The lowest BCUT2D eigenvalue weighted by Gasteiger charge is -2.12. The van der Waals surface area contributed by atoms with Gasteiger partial charge in [-0.05, 0) is 54.4 Å². The van der Waals surface area contributed by atoms with Crippen LogP contribution < -0.4 is 5.32 Å². The highest BCUT2D eigenvalue weighted by atomic mass is 35.5. The van der Waals surface area contributed by atoms with E-state index >= 15 is 0 Å².